The first kappa shape index (κ1) is 15.7. The van der Waals surface area contributed by atoms with Crippen LogP contribution in [0.2, 0.25) is 0 Å². The Balaban J connectivity index is 4.55. The van der Waals surface area contributed by atoms with Gasteiger partial charge in [-0.1, -0.05) is 19.9 Å². The molecular formula is C13H22O4. The van der Waals surface area contributed by atoms with Gasteiger partial charge in [-0.25, -0.2) is 4.79 Å². The minimum atomic E-state index is -0.429. The molecule has 0 aromatic rings. The number of carbonyl (C=O) groups is 2. The van der Waals surface area contributed by atoms with Gasteiger partial charge in [-0.3, -0.25) is 4.79 Å². The summed E-state index contributed by atoms with van der Waals surface area (Å²) in [7, 11) is 0. The molecule has 0 aliphatic carbocycles. The molecule has 98 valence electrons. The Morgan fingerprint density at radius 3 is 2.18 bits per heavy atom. The largest absolute Gasteiger partial charge is 0.466 e. The molecule has 4 heteroatoms. The number of carbonyl (C=O) groups excluding carboxylic acids is 2. The third-order valence-electron chi connectivity index (χ3n) is 2.01. The molecule has 0 radical (unpaired) electrons. The summed E-state index contributed by atoms with van der Waals surface area (Å²) in [4.78, 5) is 22.9. The van der Waals surface area contributed by atoms with Gasteiger partial charge >= 0.3 is 11.9 Å². The molecule has 0 saturated carbocycles. The molecule has 4 nitrogen and oxygen atoms in total. The van der Waals surface area contributed by atoms with Gasteiger partial charge in [0.15, 0.2) is 0 Å². The summed E-state index contributed by atoms with van der Waals surface area (Å²) in [6, 6.07) is 0. The van der Waals surface area contributed by atoms with Gasteiger partial charge in [0, 0.05) is 5.57 Å². The van der Waals surface area contributed by atoms with E-state index < -0.39 is 11.9 Å². The third-order valence-corrected chi connectivity index (χ3v) is 2.01. The number of ether oxygens (including phenoxy) is 2. The van der Waals surface area contributed by atoms with Crippen LogP contribution in [-0.4, -0.2) is 25.2 Å². The van der Waals surface area contributed by atoms with Gasteiger partial charge in [0.25, 0.3) is 0 Å². The van der Waals surface area contributed by atoms with E-state index in [9.17, 15) is 9.59 Å². The molecule has 0 rings (SSSR count). The van der Waals surface area contributed by atoms with Gasteiger partial charge in [-0.05, 0) is 26.2 Å². The van der Waals surface area contributed by atoms with Crippen molar-refractivity contribution in [3.63, 3.8) is 0 Å². The molecular weight excluding hydrogens is 220 g/mol. The van der Waals surface area contributed by atoms with E-state index in [0.29, 0.717) is 24.7 Å². The van der Waals surface area contributed by atoms with Gasteiger partial charge in [0.1, 0.15) is 0 Å². The van der Waals surface area contributed by atoms with Crippen molar-refractivity contribution < 1.29 is 19.1 Å². The second-order valence-corrected chi connectivity index (χ2v) is 4.06. The molecule has 0 atom stereocenters. The zero-order valence-electron chi connectivity index (χ0n) is 11.1. The van der Waals surface area contributed by atoms with Gasteiger partial charge in [-0.15, -0.1) is 0 Å². The van der Waals surface area contributed by atoms with E-state index in [1.807, 2.05) is 13.8 Å². The fraction of sp³-hybridized carbons (Fsp3) is 0.692. The van der Waals surface area contributed by atoms with E-state index in [2.05, 4.69) is 0 Å². The lowest BCUT2D eigenvalue weighted by molar-refractivity contribution is -0.145. The summed E-state index contributed by atoms with van der Waals surface area (Å²) < 4.78 is 9.72. The van der Waals surface area contributed by atoms with Crippen molar-refractivity contribution in [1.29, 1.82) is 0 Å². The lowest BCUT2D eigenvalue weighted by atomic mass is 10.1. The van der Waals surface area contributed by atoms with Crippen LogP contribution in [-0.2, 0) is 19.1 Å². The predicted octanol–water partition coefficient (Wildman–Crippen LogP) is 2.48. The average molecular weight is 242 g/mol. The van der Waals surface area contributed by atoms with Gasteiger partial charge in [-0.2, -0.15) is 0 Å². The Hall–Kier alpha value is -1.32. The summed E-state index contributed by atoms with van der Waals surface area (Å²) in [5.41, 5.74) is 0.388. The maximum Gasteiger partial charge on any atom is 0.334 e. The molecule has 0 aliphatic rings. The molecule has 0 N–H and O–H groups in total. The number of hydrogen-bond acceptors (Lipinski definition) is 4. The molecule has 0 bridgehead atoms. The van der Waals surface area contributed by atoms with E-state index >= 15 is 0 Å². The van der Waals surface area contributed by atoms with Crippen molar-refractivity contribution in [2.75, 3.05) is 13.2 Å². The Kier molecular flexibility index (Phi) is 8.11. The van der Waals surface area contributed by atoms with Crippen LogP contribution in [0.25, 0.3) is 0 Å². The van der Waals surface area contributed by atoms with E-state index in [4.69, 9.17) is 9.47 Å². The van der Waals surface area contributed by atoms with Crippen molar-refractivity contribution in [3.8, 4) is 0 Å². The van der Waals surface area contributed by atoms with Crippen molar-refractivity contribution in [1.82, 2.24) is 0 Å². The molecule has 0 saturated heterocycles. The average Bonchev–Trinajstić information content (AvgIpc) is 2.24. The van der Waals surface area contributed by atoms with Gasteiger partial charge < -0.3 is 9.47 Å². The molecule has 0 spiro atoms. The maximum absolute atomic E-state index is 11.6. The predicted molar refractivity (Wildman–Crippen MR) is 65.4 cm³/mol. The summed E-state index contributed by atoms with van der Waals surface area (Å²) in [6.07, 6.45) is 2.49. The maximum atomic E-state index is 11.6. The second-order valence-electron chi connectivity index (χ2n) is 4.06. The first-order valence-corrected chi connectivity index (χ1v) is 6.03. The summed E-state index contributed by atoms with van der Waals surface area (Å²) in [5.74, 6) is -0.390. The highest BCUT2D eigenvalue weighted by molar-refractivity contribution is 5.93. The normalized spacial score (nSPS) is 11.5. The smallest absolute Gasteiger partial charge is 0.334 e. The van der Waals surface area contributed by atoms with Crippen molar-refractivity contribution >= 4 is 11.9 Å². The van der Waals surface area contributed by atoms with Gasteiger partial charge in [0.2, 0.25) is 0 Å². The SMILES string of the molecule is CCOC(=O)CC(=CCC(C)C)C(=O)OCC. The zero-order chi connectivity index (χ0) is 13.3. The van der Waals surface area contributed by atoms with E-state index in [0.717, 1.165) is 6.42 Å². The summed E-state index contributed by atoms with van der Waals surface area (Å²) >= 11 is 0. The van der Waals surface area contributed by atoms with Crippen molar-refractivity contribution in [3.05, 3.63) is 11.6 Å². The Morgan fingerprint density at radius 1 is 1.12 bits per heavy atom. The van der Waals surface area contributed by atoms with Crippen LogP contribution in [0.15, 0.2) is 11.6 Å². The molecule has 0 fully saturated rings. The molecule has 0 aromatic carbocycles. The number of hydrogen-bond donors (Lipinski definition) is 0. The van der Waals surface area contributed by atoms with E-state index in [1.54, 1.807) is 19.9 Å². The van der Waals surface area contributed by atoms with Crippen LogP contribution in [0.1, 0.15) is 40.5 Å². The topological polar surface area (TPSA) is 52.6 Å². The molecule has 17 heavy (non-hydrogen) atoms. The quantitative estimate of drug-likeness (QED) is 0.508. The Labute approximate surface area is 103 Å². The number of allylic oxidation sites excluding steroid dienone is 1. The van der Waals surface area contributed by atoms with Crippen LogP contribution in [0, 0.1) is 5.92 Å². The monoisotopic (exact) mass is 242 g/mol. The fourth-order valence-corrected chi connectivity index (χ4v) is 1.20. The van der Waals surface area contributed by atoms with Gasteiger partial charge in [0.05, 0.1) is 19.6 Å². The lowest BCUT2D eigenvalue weighted by Gasteiger charge is -2.08. The fourth-order valence-electron chi connectivity index (χ4n) is 1.20. The van der Waals surface area contributed by atoms with Crippen LogP contribution in [0.3, 0.4) is 0 Å². The van der Waals surface area contributed by atoms with E-state index in [-0.39, 0.29) is 6.42 Å². The molecule has 0 aromatic heterocycles. The number of rotatable bonds is 7. The zero-order valence-corrected chi connectivity index (χ0v) is 11.1. The standard InChI is InChI=1S/C13H22O4/c1-5-16-12(14)9-11(8-7-10(3)4)13(15)17-6-2/h8,10H,5-7,9H2,1-4H3. The molecule has 0 unspecified atom stereocenters. The highest BCUT2D eigenvalue weighted by Crippen LogP contribution is 2.11. The van der Waals surface area contributed by atoms with Crippen LogP contribution < -0.4 is 0 Å². The molecule has 0 heterocycles. The number of esters is 2. The minimum Gasteiger partial charge on any atom is -0.466 e. The second kappa shape index (κ2) is 8.79. The summed E-state index contributed by atoms with van der Waals surface area (Å²) in [6.45, 7) is 8.19. The molecule has 0 aliphatic heterocycles. The minimum absolute atomic E-state index is 0.0145. The lowest BCUT2D eigenvalue weighted by Crippen LogP contribution is -2.14. The third kappa shape index (κ3) is 7.55. The van der Waals surface area contributed by atoms with Crippen LogP contribution in [0.4, 0.5) is 0 Å². The highest BCUT2D eigenvalue weighted by atomic mass is 16.5. The van der Waals surface area contributed by atoms with Crippen molar-refractivity contribution in [2.45, 2.75) is 40.5 Å². The Bertz CT molecular complexity index is 279. The molecule has 0 amide bonds. The first-order chi connectivity index (χ1) is 8.01. The summed E-state index contributed by atoms with van der Waals surface area (Å²) in [5, 5.41) is 0. The van der Waals surface area contributed by atoms with E-state index in [1.165, 1.54) is 0 Å². The Morgan fingerprint density at radius 2 is 1.71 bits per heavy atom. The first-order valence-electron chi connectivity index (χ1n) is 6.03. The van der Waals surface area contributed by atoms with Crippen molar-refractivity contribution in [2.24, 2.45) is 5.92 Å². The van der Waals surface area contributed by atoms with Crippen LogP contribution in [0.5, 0.6) is 0 Å². The van der Waals surface area contributed by atoms with Crippen LogP contribution >= 0.6 is 0 Å². The highest BCUT2D eigenvalue weighted by Gasteiger charge is 2.15.